The largest absolute Gasteiger partial charge is 0.451 e. The van der Waals surface area contributed by atoms with Crippen molar-refractivity contribution in [1.82, 2.24) is 10.6 Å². The van der Waals surface area contributed by atoms with Crippen LogP contribution >= 0.6 is 0 Å². The molecule has 1 aromatic carbocycles. The number of carbonyl (C=O) groups is 1. The summed E-state index contributed by atoms with van der Waals surface area (Å²) < 4.78 is 32.0. The Morgan fingerprint density at radius 2 is 1.96 bits per heavy atom. The van der Waals surface area contributed by atoms with E-state index in [4.69, 9.17) is 4.42 Å². The van der Waals surface area contributed by atoms with Crippen LogP contribution in [0.25, 0.3) is 11.3 Å². The lowest BCUT2D eigenvalue weighted by Crippen LogP contribution is -2.42. The third-order valence-electron chi connectivity index (χ3n) is 4.59. The van der Waals surface area contributed by atoms with Crippen LogP contribution in [0.3, 0.4) is 0 Å². The van der Waals surface area contributed by atoms with Gasteiger partial charge in [-0.1, -0.05) is 0 Å². The molecule has 2 aliphatic heterocycles. The Labute approximate surface area is 131 Å². The van der Waals surface area contributed by atoms with Gasteiger partial charge in [0.1, 0.15) is 17.4 Å². The van der Waals surface area contributed by atoms with Crippen LogP contribution in [0.1, 0.15) is 29.8 Å². The number of rotatable bonds is 3. The maximum absolute atomic E-state index is 13.3. The fraction of sp³-hybridized carbons (Fsp3) is 0.353. The first-order valence-corrected chi connectivity index (χ1v) is 7.72. The van der Waals surface area contributed by atoms with Crippen molar-refractivity contribution in [3.63, 3.8) is 0 Å². The average Bonchev–Trinajstić information content (AvgIpc) is 3.22. The number of nitrogens with one attached hydrogen (secondary N) is 2. The lowest BCUT2D eigenvalue weighted by Gasteiger charge is -2.20. The highest BCUT2D eigenvalue weighted by molar-refractivity contribution is 5.92. The second kappa shape index (κ2) is 5.45. The maximum Gasteiger partial charge on any atom is 0.287 e. The van der Waals surface area contributed by atoms with E-state index in [-0.39, 0.29) is 29.0 Å². The molecule has 3 heterocycles. The van der Waals surface area contributed by atoms with Crippen LogP contribution in [-0.4, -0.2) is 24.0 Å². The van der Waals surface area contributed by atoms with E-state index in [9.17, 15) is 13.6 Å². The molecule has 3 atom stereocenters. The van der Waals surface area contributed by atoms with Crippen molar-refractivity contribution in [3.8, 4) is 11.3 Å². The van der Waals surface area contributed by atoms with Gasteiger partial charge in [0.15, 0.2) is 5.76 Å². The molecule has 120 valence electrons. The van der Waals surface area contributed by atoms with Gasteiger partial charge in [0.05, 0.1) is 0 Å². The molecule has 0 radical (unpaired) electrons. The molecule has 2 N–H and O–H groups in total. The highest BCUT2D eigenvalue weighted by atomic mass is 19.1. The monoisotopic (exact) mass is 318 g/mol. The predicted octanol–water partition coefficient (Wildman–Crippen LogP) is 2.85. The number of furan rings is 1. The summed E-state index contributed by atoms with van der Waals surface area (Å²) in [7, 11) is 0. The van der Waals surface area contributed by atoms with Crippen molar-refractivity contribution in [2.45, 2.75) is 37.4 Å². The fourth-order valence-electron chi connectivity index (χ4n) is 3.53. The van der Waals surface area contributed by atoms with E-state index in [1.807, 2.05) is 0 Å². The van der Waals surface area contributed by atoms with Crippen molar-refractivity contribution in [2.24, 2.45) is 0 Å². The molecule has 0 spiro atoms. The minimum atomic E-state index is -0.685. The van der Waals surface area contributed by atoms with Gasteiger partial charge in [-0.3, -0.25) is 4.79 Å². The normalized spacial score (nSPS) is 25.7. The Morgan fingerprint density at radius 1 is 1.17 bits per heavy atom. The number of benzene rings is 1. The zero-order valence-corrected chi connectivity index (χ0v) is 12.3. The van der Waals surface area contributed by atoms with Gasteiger partial charge >= 0.3 is 0 Å². The predicted molar refractivity (Wildman–Crippen MR) is 79.9 cm³/mol. The van der Waals surface area contributed by atoms with E-state index < -0.39 is 11.6 Å². The van der Waals surface area contributed by atoms with Crippen LogP contribution in [0, 0.1) is 11.6 Å². The van der Waals surface area contributed by atoms with Crippen LogP contribution in [0.4, 0.5) is 8.78 Å². The van der Waals surface area contributed by atoms with E-state index >= 15 is 0 Å². The molecule has 1 aromatic heterocycles. The van der Waals surface area contributed by atoms with Crippen LogP contribution in [0.5, 0.6) is 0 Å². The summed E-state index contributed by atoms with van der Waals surface area (Å²) in [5.41, 5.74) is 0.267. The van der Waals surface area contributed by atoms with Crippen molar-refractivity contribution in [2.75, 3.05) is 0 Å². The van der Waals surface area contributed by atoms with Gasteiger partial charge in [-0.25, -0.2) is 8.78 Å². The lowest BCUT2D eigenvalue weighted by molar-refractivity contribution is 0.0903. The third kappa shape index (κ3) is 2.74. The molecule has 4 rings (SSSR count). The number of hydrogen-bond donors (Lipinski definition) is 2. The Bertz CT molecular complexity index is 739. The Balaban J connectivity index is 1.50. The highest BCUT2D eigenvalue weighted by Gasteiger charge is 2.39. The zero-order valence-electron chi connectivity index (χ0n) is 12.3. The molecule has 2 bridgehead atoms. The Hall–Kier alpha value is -2.21. The average molecular weight is 318 g/mol. The summed E-state index contributed by atoms with van der Waals surface area (Å²) in [6, 6.07) is 7.13. The Kier molecular flexibility index (Phi) is 3.41. The molecule has 6 heteroatoms. The second-order valence-corrected chi connectivity index (χ2v) is 6.19. The minimum absolute atomic E-state index is 0.112. The first-order chi connectivity index (χ1) is 11.1. The number of hydrogen-bond acceptors (Lipinski definition) is 3. The second-order valence-electron chi connectivity index (χ2n) is 6.19. The van der Waals surface area contributed by atoms with Gasteiger partial charge in [-0.2, -0.15) is 0 Å². The molecule has 0 saturated carbocycles. The molecule has 2 aromatic rings. The van der Waals surface area contributed by atoms with Crippen LogP contribution in [0.2, 0.25) is 0 Å². The summed E-state index contributed by atoms with van der Waals surface area (Å²) in [6.45, 7) is 0. The molecule has 2 fully saturated rings. The van der Waals surface area contributed by atoms with Gasteiger partial charge in [0.25, 0.3) is 5.91 Å². The molecular weight excluding hydrogens is 302 g/mol. The molecule has 2 aliphatic rings. The van der Waals surface area contributed by atoms with Crippen molar-refractivity contribution in [1.29, 1.82) is 0 Å². The summed E-state index contributed by atoms with van der Waals surface area (Å²) >= 11 is 0. The quantitative estimate of drug-likeness (QED) is 0.915. The first-order valence-electron chi connectivity index (χ1n) is 7.72. The summed E-state index contributed by atoms with van der Waals surface area (Å²) in [5.74, 6) is -1.26. The molecule has 0 aliphatic carbocycles. The van der Waals surface area contributed by atoms with E-state index in [1.165, 1.54) is 18.2 Å². The maximum atomic E-state index is 13.3. The molecule has 0 unspecified atom stereocenters. The highest BCUT2D eigenvalue weighted by Crippen LogP contribution is 2.29. The lowest BCUT2D eigenvalue weighted by atomic mass is 9.95. The van der Waals surface area contributed by atoms with Crippen LogP contribution < -0.4 is 10.6 Å². The van der Waals surface area contributed by atoms with Gasteiger partial charge < -0.3 is 15.1 Å². The van der Waals surface area contributed by atoms with E-state index in [2.05, 4.69) is 10.6 Å². The van der Waals surface area contributed by atoms with Crippen molar-refractivity contribution < 1.29 is 18.0 Å². The SMILES string of the molecule is O=C(N[C@@H]1C[C@H]2CC[C@@H]1N2)c1ccc(-c2cc(F)cc(F)c2)o1. The van der Waals surface area contributed by atoms with Gasteiger partial charge in [0.2, 0.25) is 0 Å². The smallest absolute Gasteiger partial charge is 0.287 e. The van der Waals surface area contributed by atoms with Gasteiger partial charge in [-0.05, 0) is 43.5 Å². The summed E-state index contributed by atoms with van der Waals surface area (Å²) in [6.07, 6.45) is 3.16. The van der Waals surface area contributed by atoms with E-state index in [0.717, 1.165) is 25.3 Å². The van der Waals surface area contributed by atoms with Crippen LogP contribution in [-0.2, 0) is 0 Å². The van der Waals surface area contributed by atoms with Crippen LogP contribution in [0.15, 0.2) is 34.7 Å². The summed E-state index contributed by atoms with van der Waals surface area (Å²) in [5, 5.41) is 6.42. The van der Waals surface area contributed by atoms with Crippen molar-refractivity contribution >= 4 is 5.91 Å². The standard InChI is InChI=1S/C17H16F2N2O2/c18-10-5-9(6-11(19)7-10)15-3-4-16(23-15)17(22)21-14-8-12-1-2-13(14)20-12/h3-7,12-14,20H,1-2,8H2,(H,21,22)/t12-,13+,14-/m1/s1. The first kappa shape index (κ1) is 14.4. The van der Waals surface area contributed by atoms with E-state index in [0.29, 0.717) is 12.1 Å². The summed E-state index contributed by atoms with van der Waals surface area (Å²) in [4.78, 5) is 12.3. The zero-order chi connectivity index (χ0) is 16.0. The number of fused-ring (bicyclic) bond motifs is 2. The molecule has 23 heavy (non-hydrogen) atoms. The molecule has 4 nitrogen and oxygen atoms in total. The van der Waals surface area contributed by atoms with E-state index in [1.54, 1.807) is 6.07 Å². The number of amides is 1. The number of carbonyl (C=O) groups excluding carboxylic acids is 1. The topological polar surface area (TPSA) is 54.3 Å². The minimum Gasteiger partial charge on any atom is -0.451 e. The molecular formula is C17H16F2N2O2. The molecule has 2 saturated heterocycles. The van der Waals surface area contributed by atoms with Gasteiger partial charge in [0, 0.05) is 29.8 Å². The third-order valence-corrected chi connectivity index (χ3v) is 4.59. The Morgan fingerprint density at radius 3 is 2.61 bits per heavy atom. The fourth-order valence-corrected chi connectivity index (χ4v) is 3.53. The van der Waals surface area contributed by atoms with Gasteiger partial charge in [-0.15, -0.1) is 0 Å². The molecule has 1 amide bonds. The number of halogens is 2. The van der Waals surface area contributed by atoms with Crippen molar-refractivity contribution in [3.05, 3.63) is 47.7 Å².